The molecule has 0 atom stereocenters. The average molecular weight is 394 g/mol. The van der Waals surface area contributed by atoms with Crippen molar-refractivity contribution in [2.45, 2.75) is 13.3 Å². The summed E-state index contributed by atoms with van der Waals surface area (Å²) in [7, 11) is 0. The molecule has 4 heteroatoms. The molecule has 0 heterocycles. The zero-order chi connectivity index (χ0) is 15.2. The fraction of sp³-hybridized carbons (Fsp3) is 0.176. The largest absolute Gasteiger partial charge is 0.457 e. The fourth-order valence-corrected chi connectivity index (χ4v) is 2.15. The Balaban J connectivity index is 1.84. The van der Waals surface area contributed by atoms with Gasteiger partial charge in [0.1, 0.15) is 0 Å². The number of carbonyl (C=O) groups is 2. The molecule has 0 aromatic heterocycles. The molecule has 3 nitrogen and oxygen atoms in total. The first kappa shape index (κ1) is 15.7. The van der Waals surface area contributed by atoms with Crippen LogP contribution in [0.4, 0.5) is 0 Å². The number of benzene rings is 2. The van der Waals surface area contributed by atoms with Gasteiger partial charge < -0.3 is 4.74 Å². The zero-order valence-electron chi connectivity index (χ0n) is 11.6. The van der Waals surface area contributed by atoms with E-state index < -0.39 is 5.97 Å². The summed E-state index contributed by atoms with van der Waals surface area (Å²) in [4.78, 5) is 23.6. The number of ether oxygens (including phenoxy) is 1. The van der Waals surface area contributed by atoms with Crippen molar-refractivity contribution in [2.24, 2.45) is 0 Å². The molecule has 0 N–H and O–H groups in total. The number of Topliss-reactive ketones (excluding diaryl/α,β-unsaturated/α-hetero) is 1. The van der Waals surface area contributed by atoms with Crippen LogP contribution in [0, 0.1) is 10.5 Å². The van der Waals surface area contributed by atoms with Gasteiger partial charge in [-0.05, 0) is 47.2 Å². The van der Waals surface area contributed by atoms with Crippen LogP contribution in [-0.2, 0) is 16.0 Å². The Bertz CT molecular complexity index is 630. The van der Waals surface area contributed by atoms with E-state index in [0.717, 1.165) is 14.7 Å². The van der Waals surface area contributed by atoms with E-state index in [4.69, 9.17) is 4.74 Å². The molecule has 2 aromatic rings. The van der Waals surface area contributed by atoms with Crippen molar-refractivity contribution >= 4 is 34.3 Å². The van der Waals surface area contributed by atoms with Gasteiger partial charge in [0.25, 0.3) is 0 Å². The van der Waals surface area contributed by atoms with Gasteiger partial charge in [0.05, 0.1) is 6.42 Å². The second-order valence-corrected chi connectivity index (χ2v) is 6.00. The van der Waals surface area contributed by atoms with Crippen LogP contribution in [0.15, 0.2) is 48.5 Å². The topological polar surface area (TPSA) is 43.4 Å². The highest BCUT2D eigenvalue weighted by Gasteiger charge is 2.10. The van der Waals surface area contributed by atoms with Crippen molar-refractivity contribution in [1.82, 2.24) is 0 Å². The van der Waals surface area contributed by atoms with Crippen molar-refractivity contribution in [3.8, 4) is 0 Å². The molecule has 0 unspecified atom stereocenters. The summed E-state index contributed by atoms with van der Waals surface area (Å²) in [6.45, 7) is 1.74. The number of carbonyl (C=O) groups excluding carboxylic acids is 2. The average Bonchev–Trinajstić information content (AvgIpc) is 2.48. The van der Waals surface area contributed by atoms with E-state index in [2.05, 4.69) is 22.6 Å². The minimum absolute atomic E-state index is 0.179. The lowest BCUT2D eigenvalue weighted by Crippen LogP contribution is -2.15. The maximum atomic E-state index is 11.9. The van der Waals surface area contributed by atoms with Crippen molar-refractivity contribution in [3.63, 3.8) is 0 Å². The highest BCUT2D eigenvalue weighted by atomic mass is 127. The van der Waals surface area contributed by atoms with Gasteiger partial charge in [0.2, 0.25) is 0 Å². The predicted octanol–water partition coefficient (Wildman–Crippen LogP) is 3.57. The van der Waals surface area contributed by atoms with Gasteiger partial charge in [-0.2, -0.15) is 0 Å². The highest BCUT2D eigenvalue weighted by Crippen LogP contribution is 2.08. The van der Waals surface area contributed by atoms with E-state index in [1.807, 2.05) is 43.3 Å². The Kier molecular flexibility index (Phi) is 5.50. The molecule has 2 aromatic carbocycles. The minimum atomic E-state index is -0.392. The second-order valence-electron chi connectivity index (χ2n) is 4.75. The van der Waals surface area contributed by atoms with E-state index in [1.165, 1.54) is 0 Å². The summed E-state index contributed by atoms with van der Waals surface area (Å²) in [6.07, 6.45) is 0.179. The summed E-state index contributed by atoms with van der Waals surface area (Å²) < 4.78 is 6.14. The summed E-state index contributed by atoms with van der Waals surface area (Å²) in [5.41, 5.74) is 2.52. The Morgan fingerprint density at radius 2 is 1.62 bits per heavy atom. The van der Waals surface area contributed by atoms with Crippen LogP contribution in [0.1, 0.15) is 21.5 Å². The summed E-state index contributed by atoms with van der Waals surface area (Å²) in [5.74, 6) is -0.581. The number of halogens is 1. The maximum absolute atomic E-state index is 11.9. The monoisotopic (exact) mass is 394 g/mol. The van der Waals surface area contributed by atoms with E-state index >= 15 is 0 Å². The second kappa shape index (κ2) is 7.36. The van der Waals surface area contributed by atoms with Crippen LogP contribution in [-0.4, -0.2) is 18.4 Å². The molecule has 0 spiro atoms. The van der Waals surface area contributed by atoms with E-state index in [-0.39, 0.29) is 18.8 Å². The maximum Gasteiger partial charge on any atom is 0.310 e. The van der Waals surface area contributed by atoms with Crippen molar-refractivity contribution < 1.29 is 14.3 Å². The van der Waals surface area contributed by atoms with E-state index in [1.54, 1.807) is 12.1 Å². The number of hydrogen-bond donors (Lipinski definition) is 0. The van der Waals surface area contributed by atoms with Crippen LogP contribution in [0.2, 0.25) is 0 Å². The van der Waals surface area contributed by atoms with Gasteiger partial charge >= 0.3 is 5.97 Å². The molecule has 21 heavy (non-hydrogen) atoms. The Labute approximate surface area is 137 Å². The molecule has 0 fully saturated rings. The van der Waals surface area contributed by atoms with Crippen molar-refractivity contribution in [3.05, 3.63) is 68.8 Å². The first-order valence-electron chi connectivity index (χ1n) is 6.54. The molecule has 0 bridgehead atoms. The zero-order valence-corrected chi connectivity index (χ0v) is 13.8. The standard InChI is InChI=1S/C17H15IO3/c1-12-2-6-14(7-3-12)16(19)11-21-17(20)10-13-4-8-15(18)9-5-13/h2-9H,10-11H2,1H3. The molecule has 2 rings (SSSR count). The third-order valence-corrected chi connectivity index (χ3v) is 3.72. The predicted molar refractivity (Wildman–Crippen MR) is 89.3 cm³/mol. The molecule has 108 valence electrons. The summed E-state index contributed by atoms with van der Waals surface area (Å²) in [6, 6.07) is 14.8. The lowest BCUT2D eigenvalue weighted by molar-refractivity contribution is -0.141. The quantitative estimate of drug-likeness (QED) is 0.443. The normalized spacial score (nSPS) is 10.2. The fourth-order valence-electron chi connectivity index (χ4n) is 1.79. The third kappa shape index (κ3) is 4.97. The van der Waals surface area contributed by atoms with Crippen molar-refractivity contribution in [1.29, 1.82) is 0 Å². The smallest absolute Gasteiger partial charge is 0.310 e. The number of esters is 1. The number of ketones is 1. The first-order chi connectivity index (χ1) is 10.0. The van der Waals surface area contributed by atoms with Crippen LogP contribution < -0.4 is 0 Å². The van der Waals surface area contributed by atoms with Gasteiger partial charge in [-0.25, -0.2) is 0 Å². The summed E-state index contributed by atoms with van der Waals surface area (Å²) in [5, 5.41) is 0. The van der Waals surface area contributed by atoms with Crippen LogP contribution >= 0.6 is 22.6 Å². The Hall–Kier alpha value is -1.69. The van der Waals surface area contributed by atoms with Gasteiger partial charge in [0, 0.05) is 9.13 Å². The Morgan fingerprint density at radius 1 is 1.00 bits per heavy atom. The number of hydrogen-bond acceptors (Lipinski definition) is 3. The molecule has 0 aliphatic heterocycles. The molecule has 0 amide bonds. The van der Waals surface area contributed by atoms with Gasteiger partial charge in [-0.15, -0.1) is 0 Å². The van der Waals surface area contributed by atoms with Crippen LogP contribution in [0.5, 0.6) is 0 Å². The first-order valence-corrected chi connectivity index (χ1v) is 7.62. The Morgan fingerprint density at radius 3 is 2.24 bits per heavy atom. The van der Waals surface area contributed by atoms with E-state index in [0.29, 0.717) is 5.56 Å². The SMILES string of the molecule is Cc1ccc(C(=O)COC(=O)Cc2ccc(I)cc2)cc1. The van der Waals surface area contributed by atoms with Gasteiger partial charge in [-0.3, -0.25) is 9.59 Å². The minimum Gasteiger partial charge on any atom is -0.457 e. The summed E-state index contributed by atoms with van der Waals surface area (Å²) >= 11 is 2.20. The molecule has 0 aliphatic rings. The number of rotatable bonds is 5. The van der Waals surface area contributed by atoms with Crippen LogP contribution in [0.3, 0.4) is 0 Å². The van der Waals surface area contributed by atoms with Crippen molar-refractivity contribution in [2.75, 3.05) is 6.61 Å². The lowest BCUT2D eigenvalue weighted by atomic mass is 10.1. The van der Waals surface area contributed by atoms with Gasteiger partial charge in [0.15, 0.2) is 12.4 Å². The van der Waals surface area contributed by atoms with Gasteiger partial charge in [-0.1, -0.05) is 42.0 Å². The number of aryl methyl sites for hydroxylation is 1. The molecular formula is C17H15IO3. The molecular weight excluding hydrogens is 379 g/mol. The molecule has 0 saturated heterocycles. The highest BCUT2D eigenvalue weighted by molar-refractivity contribution is 14.1. The molecule has 0 aliphatic carbocycles. The third-order valence-electron chi connectivity index (χ3n) is 3.00. The van der Waals surface area contributed by atoms with E-state index in [9.17, 15) is 9.59 Å². The molecule has 0 saturated carbocycles. The van der Waals surface area contributed by atoms with Crippen LogP contribution in [0.25, 0.3) is 0 Å². The molecule has 0 radical (unpaired) electrons. The lowest BCUT2D eigenvalue weighted by Gasteiger charge is -2.05.